The number of hydrogen-bond acceptors (Lipinski definition) is 2. The van der Waals surface area contributed by atoms with Crippen molar-refractivity contribution in [3.8, 4) is 33.4 Å². The lowest BCUT2D eigenvalue weighted by Gasteiger charge is -2.51. The first-order chi connectivity index (χ1) is 34.5. The molecule has 1 aliphatic carbocycles. The van der Waals surface area contributed by atoms with Crippen molar-refractivity contribution < 1.29 is 0 Å². The molecular formula is C67H58N2Si2. The summed E-state index contributed by atoms with van der Waals surface area (Å²) >= 11 is 0. The molecule has 0 unspecified atom stereocenters. The van der Waals surface area contributed by atoms with Gasteiger partial charge < -0.3 is 9.80 Å². The van der Waals surface area contributed by atoms with Crippen LogP contribution in [-0.4, -0.2) is 16.1 Å². The molecule has 0 saturated heterocycles. The van der Waals surface area contributed by atoms with Gasteiger partial charge in [0, 0.05) is 38.8 Å². The molecule has 11 aromatic rings. The lowest BCUT2D eigenvalue weighted by molar-refractivity contribution is 0.965. The van der Waals surface area contributed by atoms with E-state index in [1.54, 1.807) is 5.56 Å². The maximum atomic E-state index is 2.65. The predicted octanol–water partition coefficient (Wildman–Crippen LogP) is 19.4. The largest absolute Gasteiger partial charge is 0.310 e. The number of rotatable bonds is 10. The van der Waals surface area contributed by atoms with E-state index in [1.807, 2.05) is 0 Å². The zero-order valence-corrected chi connectivity index (χ0v) is 43.5. The Labute approximate surface area is 421 Å². The number of anilines is 6. The Bertz CT molecular complexity index is 3770. The van der Waals surface area contributed by atoms with Crippen LogP contribution >= 0.6 is 0 Å². The Morgan fingerprint density at radius 3 is 1.27 bits per heavy atom. The molecule has 0 aromatic heterocycles. The zero-order chi connectivity index (χ0) is 48.5. The molecular weight excluding hydrogens is 889 g/mol. The molecule has 12 rings (SSSR count). The Hall–Kier alpha value is -7.77. The van der Waals surface area contributed by atoms with Gasteiger partial charge in [0.1, 0.15) is 0 Å². The minimum atomic E-state index is -2.12. The monoisotopic (exact) mass is 946 g/mol. The zero-order valence-electron chi connectivity index (χ0n) is 41.5. The van der Waals surface area contributed by atoms with E-state index in [0.29, 0.717) is 0 Å². The smallest absolute Gasteiger partial charge is 0.0579 e. The van der Waals surface area contributed by atoms with Gasteiger partial charge >= 0.3 is 0 Å². The number of hydrogen-bond donors (Lipinski definition) is 0. The van der Waals surface area contributed by atoms with Crippen LogP contribution in [0.2, 0.25) is 39.3 Å². The Morgan fingerprint density at radius 2 is 0.732 bits per heavy atom. The van der Waals surface area contributed by atoms with Crippen LogP contribution in [0.3, 0.4) is 0 Å². The van der Waals surface area contributed by atoms with Gasteiger partial charge in [-0.25, -0.2) is 0 Å². The molecule has 0 spiro atoms. The standard InChI is InChI=1S/C67H58N2Si2/c1-70(2,3)67(71(4,5)6)64-45-52-43-57(68(53-29-15-9-16-30-53)55-33-21-27-49(41-55)47-23-11-7-12-24-47)38-37-51(52)44-63(64)65-60-36-20-19-35-59(60)62-46-58(39-40-61(62)66(65)67)69(54-31-17-10-18-32-54)56-34-22-28-50(42-56)48-25-13-8-14-26-48/h7-46H,1-6H3. The van der Waals surface area contributed by atoms with Crippen LogP contribution < -0.4 is 9.80 Å². The SMILES string of the molecule is C[Si](C)(C)C1([Si](C)(C)C)c2cc3cc(N(c4ccccc4)c4cccc(-c5ccccc5)c4)ccc3cc2-c2c1c1ccc(N(c3ccccc3)c3cccc(-c4ccccc4)c3)cc1c1ccccc21. The van der Waals surface area contributed by atoms with Crippen LogP contribution in [0.25, 0.3) is 65.7 Å². The van der Waals surface area contributed by atoms with Gasteiger partial charge in [-0.15, -0.1) is 0 Å². The summed E-state index contributed by atoms with van der Waals surface area (Å²) in [5.41, 5.74) is 17.6. The summed E-state index contributed by atoms with van der Waals surface area (Å²) in [5, 5.41) is 7.88. The van der Waals surface area contributed by atoms with Crippen LogP contribution in [0, 0.1) is 0 Å². The minimum Gasteiger partial charge on any atom is -0.310 e. The topological polar surface area (TPSA) is 6.48 Å². The fourth-order valence-electron chi connectivity index (χ4n) is 12.7. The van der Waals surface area contributed by atoms with E-state index in [1.165, 1.54) is 71.3 Å². The van der Waals surface area contributed by atoms with Crippen LogP contribution in [0.15, 0.2) is 243 Å². The predicted molar refractivity (Wildman–Crippen MR) is 312 cm³/mol. The third kappa shape index (κ3) is 7.35. The molecule has 0 amide bonds. The quantitative estimate of drug-likeness (QED) is 0.0996. The fraction of sp³-hybridized carbons (Fsp3) is 0.104. The average molecular weight is 947 g/mol. The average Bonchev–Trinajstić information content (AvgIpc) is 3.73. The third-order valence-electron chi connectivity index (χ3n) is 15.2. The summed E-state index contributed by atoms with van der Waals surface area (Å²) in [6, 6.07) is 90.1. The van der Waals surface area contributed by atoms with Gasteiger partial charge in [0.15, 0.2) is 0 Å². The number of fused-ring (bicyclic) bond motifs is 9. The molecule has 0 atom stereocenters. The van der Waals surface area contributed by atoms with Crippen molar-refractivity contribution in [3.63, 3.8) is 0 Å². The number of nitrogens with zero attached hydrogens (tertiary/aromatic N) is 2. The van der Waals surface area contributed by atoms with Crippen molar-refractivity contribution in [1.29, 1.82) is 0 Å². The van der Waals surface area contributed by atoms with Crippen LogP contribution in [0.1, 0.15) is 11.1 Å². The maximum Gasteiger partial charge on any atom is 0.0579 e. The van der Waals surface area contributed by atoms with Crippen LogP contribution in [0.5, 0.6) is 0 Å². The molecule has 0 radical (unpaired) electrons. The molecule has 2 nitrogen and oxygen atoms in total. The molecule has 0 bridgehead atoms. The van der Waals surface area contributed by atoms with Gasteiger partial charge in [0.25, 0.3) is 0 Å². The van der Waals surface area contributed by atoms with E-state index < -0.39 is 16.1 Å². The van der Waals surface area contributed by atoms with E-state index in [0.717, 1.165) is 34.1 Å². The highest BCUT2D eigenvalue weighted by Gasteiger charge is 2.60. The van der Waals surface area contributed by atoms with Crippen LogP contribution in [-0.2, 0) is 4.66 Å². The second-order valence-corrected chi connectivity index (χ2v) is 32.4. The molecule has 0 N–H and O–H groups in total. The summed E-state index contributed by atoms with van der Waals surface area (Å²) in [6.07, 6.45) is 0. The first kappa shape index (κ1) is 44.4. The molecule has 0 heterocycles. The van der Waals surface area contributed by atoms with Crippen LogP contribution in [0.4, 0.5) is 34.1 Å². The minimum absolute atomic E-state index is 0.106. The van der Waals surface area contributed by atoms with Crippen molar-refractivity contribution in [1.82, 2.24) is 0 Å². The molecule has 4 heteroatoms. The van der Waals surface area contributed by atoms with Crippen molar-refractivity contribution in [2.75, 3.05) is 9.80 Å². The van der Waals surface area contributed by atoms with Gasteiger partial charge in [0.05, 0.1) is 16.1 Å². The third-order valence-corrected chi connectivity index (χ3v) is 25.3. The number of benzene rings is 11. The Kier molecular flexibility index (Phi) is 10.8. The Balaban J connectivity index is 1.08. The summed E-state index contributed by atoms with van der Waals surface area (Å²) in [5.74, 6) is 0. The van der Waals surface area contributed by atoms with Crippen molar-refractivity contribution >= 4 is 82.6 Å². The summed E-state index contributed by atoms with van der Waals surface area (Å²) < 4.78 is -0.106. The normalized spacial score (nSPS) is 13.0. The summed E-state index contributed by atoms with van der Waals surface area (Å²) in [7, 11) is -4.24. The van der Waals surface area contributed by atoms with E-state index in [4.69, 9.17) is 0 Å². The van der Waals surface area contributed by atoms with Gasteiger partial charge in [0.2, 0.25) is 0 Å². The lowest BCUT2D eigenvalue weighted by atomic mass is 9.90. The molecule has 0 aliphatic heterocycles. The molecule has 344 valence electrons. The first-order valence-corrected chi connectivity index (χ1v) is 32.1. The highest BCUT2D eigenvalue weighted by atomic mass is 28.4. The van der Waals surface area contributed by atoms with E-state index in [-0.39, 0.29) is 4.66 Å². The molecule has 11 aromatic carbocycles. The molecule has 0 fully saturated rings. The molecule has 0 saturated carbocycles. The second kappa shape index (κ2) is 17.3. The van der Waals surface area contributed by atoms with Crippen molar-refractivity contribution in [2.45, 2.75) is 43.9 Å². The van der Waals surface area contributed by atoms with E-state index in [9.17, 15) is 0 Å². The van der Waals surface area contributed by atoms with Gasteiger partial charge in [-0.2, -0.15) is 0 Å². The van der Waals surface area contributed by atoms with Crippen molar-refractivity contribution in [2.24, 2.45) is 0 Å². The lowest BCUT2D eigenvalue weighted by Crippen LogP contribution is -2.63. The molecule has 71 heavy (non-hydrogen) atoms. The second-order valence-electron chi connectivity index (χ2n) is 21.4. The summed E-state index contributed by atoms with van der Waals surface area (Å²) in [4.78, 5) is 4.86. The highest BCUT2D eigenvalue weighted by Crippen LogP contribution is 2.62. The molecule has 1 aliphatic rings. The summed E-state index contributed by atoms with van der Waals surface area (Å²) in [6.45, 7) is 15.9. The highest BCUT2D eigenvalue weighted by molar-refractivity contribution is 7.00. The Morgan fingerprint density at radius 1 is 0.296 bits per heavy atom. The van der Waals surface area contributed by atoms with Gasteiger partial charge in [-0.3, -0.25) is 0 Å². The van der Waals surface area contributed by atoms with Gasteiger partial charge in [-0.1, -0.05) is 203 Å². The fourth-order valence-corrected chi connectivity index (χ4v) is 25.8. The maximum absolute atomic E-state index is 2.65. The first-order valence-electron chi connectivity index (χ1n) is 25.1. The number of para-hydroxylation sites is 2. The van der Waals surface area contributed by atoms with E-state index >= 15 is 0 Å². The van der Waals surface area contributed by atoms with E-state index in [2.05, 4.69) is 292 Å². The van der Waals surface area contributed by atoms with Gasteiger partial charge in [-0.05, 0) is 156 Å². The van der Waals surface area contributed by atoms with Crippen molar-refractivity contribution in [3.05, 3.63) is 254 Å².